The number of aryl methyl sites for hydroxylation is 1. The Balaban J connectivity index is 1.76. The van der Waals surface area contributed by atoms with Gasteiger partial charge in [0.25, 0.3) is 5.91 Å². The standard InChI is InChI=1S/C17H19N3O3/c1-12-3-2-4-15(9-12)23-11-16(21)19-10-13-5-7-14(8-6-13)20-17(18)22/h2-9H,10-11H2,1H3,(H,19,21)(H3,18,20,22). The summed E-state index contributed by atoms with van der Waals surface area (Å²) in [6.45, 7) is 2.31. The maximum atomic E-state index is 11.8. The highest BCUT2D eigenvalue weighted by molar-refractivity contribution is 5.87. The molecule has 2 aromatic rings. The Labute approximate surface area is 134 Å². The molecule has 0 saturated heterocycles. The number of rotatable bonds is 6. The van der Waals surface area contributed by atoms with Crippen molar-refractivity contribution in [3.05, 3.63) is 59.7 Å². The van der Waals surface area contributed by atoms with E-state index < -0.39 is 6.03 Å². The number of primary amides is 1. The molecule has 0 aliphatic rings. The molecule has 4 N–H and O–H groups in total. The second-order valence-corrected chi connectivity index (χ2v) is 5.07. The number of benzene rings is 2. The van der Waals surface area contributed by atoms with E-state index >= 15 is 0 Å². The average molecular weight is 313 g/mol. The fourth-order valence-corrected chi connectivity index (χ4v) is 1.95. The molecule has 0 saturated carbocycles. The second-order valence-electron chi connectivity index (χ2n) is 5.07. The molecule has 0 radical (unpaired) electrons. The molecule has 0 aliphatic carbocycles. The third-order valence-electron chi connectivity index (χ3n) is 3.07. The van der Waals surface area contributed by atoms with Crippen LogP contribution >= 0.6 is 0 Å². The smallest absolute Gasteiger partial charge is 0.316 e. The highest BCUT2D eigenvalue weighted by Crippen LogP contribution is 2.12. The number of nitrogens with two attached hydrogens (primary N) is 1. The molecule has 6 nitrogen and oxygen atoms in total. The lowest BCUT2D eigenvalue weighted by Gasteiger charge is -2.09. The van der Waals surface area contributed by atoms with E-state index in [-0.39, 0.29) is 12.5 Å². The first-order valence-corrected chi connectivity index (χ1v) is 7.14. The number of hydrogen-bond donors (Lipinski definition) is 3. The van der Waals surface area contributed by atoms with E-state index in [1.54, 1.807) is 24.3 Å². The molecule has 0 aromatic heterocycles. The zero-order valence-electron chi connectivity index (χ0n) is 12.8. The van der Waals surface area contributed by atoms with Gasteiger partial charge in [0.2, 0.25) is 0 Å². The van der Waals surface area contributed by atoms with Gasteiger partial charge in [-0.2, -0.15) is 0 Å². The van der Waals surface area contributed by atoms with Crippen LogP contribution in [0.5, 0.6) is 5.75 Å². The fourth-order valence-electron chi connectivity index (χ4n) is 1.95. The van der Waals surface area contributed by atoms with Crippen LogP contribution in [0, 0.1) is 6.92 Å². The summed E-state index contributed by atoms with van der Waals surface area (Å²) >= 11 is 0. The van der Waals surface area contributed by atoms with E-state index in [0.29, 0.717) is 18.0 Å². The third-order valence-corrected chi connectivity index (χ3v) is 3.07. The summed E-state index contributed by atoms with van der Waals surface area (Å²) in [5, 5.41) is 5.24. The molecule has 0 spiro atoms. The van der Waals surface area contributed by atoms with E-state index in [0.717, 1.165) is 11.1 Å². The zero-order chi connectivity index (χ0) is 16.7. The van der Waals surface area contributed by atoms with Crippen molar-refractivity contribution in [3.8, 4) is 5.75 Å². The van der Waals surface area contributed by atoms with Crippen LogP contribution < -0.4 is 21.1 Å². The minimum absolute atomic E-state index is 0.0369. The van der Waals surface area contributed by atoms with Crippen LogP contribution in [0.4, 0.5) is 10.5 Å². The Hall–Kier alpha value is -3.02. The summed E-state index contributed by atoms with van der Waals surface area (Å²) in [6, 6.07) is 13.9. The number of nitrogens with one attached hydrogen (secondary N) is 2. The summed E-state index contributed by atoms with van der Waals surface area (Å²) in [7, 11) is 0. The Morgan fingerprint density at radius 2 is 1.87 bits per heavy atom. The van der Waals surface area contributed by atoms with Crippen molar-refractivity contribution in [2.24, 2.45) is 5.73 Å². The van der Waals surface area contributed by atoms with Crippen LogP contribution in [-0.2, 0) is 11.3 Å². The molecule has 3 amide bonds. The zero-order valence-corrected chi connectivity index (χ0v) is 12.8. The predicted octanol–water partition coefficient (Wildman–Crippen LogP) is 2.18. The van der Waals surface area contributed by atoms with Gasteiger partial charge < -0.3 is 21.1 Å². The van der Waals surface area contributed by atoms with E-state index in [1.807, 2.05) is 31.2 Å². The molecule has 0 bridgehead atoms. The molecule has 2 rings (SSSR count). The lowest BCUT2D eigenvalue weighted by atomic mass is 10.2. The van der Waals surface area contributed by atoms with E-state index in [9.17, 15) is 9.59 Å². The van der Waals surface area contributed by atoms with Crippen molar-refractivity contribution in [3.63, 3.8) is 0 Å². The van der Waals surface area contributed by atoms with Gasteiger partial charge in [-0.25, -0.2) is 4.79 Å². The van der Waals surface area contributed by atoms with Crippen molar-refractivity contribution < 1.29 is 14.3 Å². The van der Waals surface area contributed by atoms with Gasteiger partial charge in [-0.1, -0.05) is 24.3 Å². The lowest BCUT2D eigenvalue weighted by Crippen LogP contribution is -2.28. The number of anilines is 1. The molecule has 0 heterocycles. The van der Waals surface area contributed by atoms with E-state index in [2.05, 4.69) is 10.6 Å². The summed E-state index contributed by atoms with van der Waals surface area (Å²) in [5.74, 6) is 0.466. The van der Waals surface area contributed by atoms with Crippen molar-refractivity contribution >= 4 is 17.6 Å². The van der Waals surface area contributed by atoms with Gasteiger partial charge in [-0.05, 0) is 42.3 Å². The Morgan fingerprint density at radius 3 is 2.52 bits per heavy atom. The van der Waals surface area contributed by atoms with Crippen molar-refractivity contribution in [1.29, 1.82) is 0 Å². The fraction of sp³-hybridized carbons (Fsp3) is 0.176. The molecule has 23 heavy (non-hydrogen) atoms. The van der Waals surface area contributed by atoms with Gasteiger partial charge in [0.15, 0.2) is 6.61 Å². The Morgan fingerprint density at radius 1 is 1.13 bits per heavy atom. The maximum absolute atomic E-state index is 11.8. The maximum Gasteiger partial charge on any atom is 0.316 e. The summed E-state index contributed by atoms with van der Waals surface area (Å²) in [5.41, 5.74) is 7.62. The monoisotopic (exact) mass is 313 g/mol. The molecule has 2 aromatic carbocycles. The van der Waals surface area contributed by atoms with Crippen LogP contribution in [0.2, 0.25) is 0 Å². The van der Waals surface area contributed by atoms with Crippen LogP contribution in [-0.4, -0.2) is 18.5 Å². The van der Waals surface area contributed by atoms with Crippen LogP contribution in [0.1, 0.15) is 11.1 Å². The summed E-state index contributed by atoms with van der Waals surface area (Å²) < 4.78 is 5.43. The first-order valence-electron chi connectivity index (χ1n) is 7.14. The van der Waals surface area contributed by atoms with Crippen molar-refractivity contribution in [2.45, 2.75) is 13.5 Å². The molecule has 0 aliphatic heterocycles. The number of carbonyl (C=O) groups excluding carboxylic acids is 2. The van der Waals surface area contributed by atoms with Crippen molar-refractivity contribution in [1.82, 2.24) is 5.32 Å². The van der Waals surface area contributed by atoms with E-state index in [1.165, 1.54) is 0 Å². The number of carbonyl (C=O) groups is 2. The first kappa shape index (κ1) is 16.4. The minimum atomic E-state index is -0.612. The quantitative estimate of drug-likeness (QED) is 0.763. The Kier molecular flexibility index (Phi) is 5.57. The van der Waals surface area contributed by atoms with Crippen LogP contribution in [0.15, 0.2) is 48.5 Å². The average Bonchev–Trinajstić information content (AvgIpc) is 2.52. The predicted molar refractivity (Wildman–Crippen MR) is 88.2 cm³/mol. The number of urea groups is 1. The van der Waals surface area contributed by atoms with Crippen LogP contribution in [0.25, 0.3) is 0 Å². The largest absolute Gasteiger partial charge is 0.484 e. The molecule has 0 fully saturated rings. The highest BCUT2D eigenvalue weighted by Gasteiger charge is 2.03. The van der Waals surface area contributed by atoms with Gasteiger partial charge >= 0.3 is 6.03 Å². The number of hydrogen-bond acceptors (Lipinski definition) is 3. The van der Waals surface area contributed by atoms with Gasteiger partial charge in [0.1, 0.15) is 5.75 Å². The van der Waals surface area contributed by atoms with Crippen LogP contribution in [0.3, 0.4) is 0 Å². The molecule has 0 unspecified atom stereocenters. The van der Waals surface area contributed by atoms with Gasteiger partial charge in [0.05, 0.1) is 0 Å². The number of amides is 3. The van der Waals surface area contributed by atoms with Gasteiger partial charge in [-0.3, -0.25) is 4.79 Å². The molecular weight excluding hydrogens is 294 g/mol. The SMILES string of the molecule is Cc1cccc(OCC(=O)NCc2ccc(NC(N)=O)cc2)c1. The van der Waals surface area contributed by atoms with Gasteiger partial charge in [0, 0.05) is 12.2 Å². The topological polar surface area (TPSA) is 93.4 Å². The molecule has 0 atom stereocenters. The second kappa shape index (κ2) is 7.84. The first-order chi connectivity index (χ1) is 11.0. The summed E-state index contributed by atoms with van der Waals surface area (Å²) in [4.78, 5) is 22.5. The third kappa shape index (κ3) is 5.70. The molecule has 6 heteroatoms. The highest BCUT2D eigenvalue weighted by atomic mass is 16.5. The lowest BCUT2D eigenvalue weighted by molar-refractivity contribution is -0.123. The van der Waals surface area contributed by atoms with E-state index in [4.69, 9.17) is 10.5 Å². The molecule has 120 valence electrons. The summed E-state index contributed by atoms with van der Waals surface area (Å²) in [6.07, 6.45) is 0. The van der Waals surface area contributed by atoms with Gasteiger partial charge in [-0.15, -0.1) is 0 Å². The van der Waals surface area contributed by atoms with Crippen molar-refractivity contribution in [2.75, 3.05) is 11.9 Å². The molecular formula is C17H19N3O3. The number of ether oxygens (including phenoxy) is 1. The Bertz CT molecular complexity index is 684. The minimum Gasteiger partial charge on any atom is -0.484 e. The normalized spacial score (nSPS) is 9.96.